The first-order valence-corrected chi connectivity index (χ1v) is 5.77. The van der Waals surface area contributed by atoms with Gasteiger partial charge in [-0.05, 0) is 0 Å². The lowest BCUT2D eigenvalue weighted by atomic mass is 10.4. The second-order valence-electron chi connectivity index (χ2n) is 3.45. The number of nitrogens with one attached hydrogen (secondary N) is 1. The monoisotopic (exact) mass is 221 g/mol. The maximum Gasteiger partial charge on any atom is 0.188 e. The average molecular weight is 221 g/mol. The lowest BCUT2D eigenvalue weighted by molar-refractivity contribution is 0.588. The molecule has 15 heavy (non-hydrogen) atoms. The highest BCUT2D eigenvalue weighted by molar-refractivity contribution is 7.21. The first kappa shape index (κ1) is 8.99. The Morgan fingerprint density at radius 1 is 1.33 bits per heavy atom. The van der Waals surface area contributed by atoms with Crippen LogP contribution in [-0.2, 0) is 0 Å². The summed E-state index contributed by atoms with van der Waals surface area (Å²) >= 11 is 1.64. The highest BCUT2D eigenvalue weighted by Gasteiger charge is 2.14. The summed E-state index contributed by atoms with van der Waals surface area (Å²) in [6.07, 6.45) is 3.34. The van der Waals surface area contributed by atoms with Crippen molar-refractivity contribution in [1.82, 2.24) is 20.3 Å². The second kappa shape index (κ2) is 3.71. The standard InChI is InChI=1S/C9H11N5S/c1-3-14(4-2-10-1)9-13-7-5-11-6-12-8(7)15-9/h5-6,10H,1-4H2. The van der Waals surface area contributed by atoms with Crippen LogP contribution in [0.4, 0.5) is 5.13 Å². The Morgan fingerprint density at radius 2 is 2.20 bits per heavy atom. The number of piperazine rings is 1. The molecular weight excluding hydrogens is 210 g/mol. The maximum atomic E-state index is 4.53. The Morgan fingerprint density at radius 3 is 3.00 bits per heavy atom. The van der Waals surface area contributed by atoms with Crippen molar-refractivity contribution in [2.45, 2.75) is 0 Å². The summed E-state index contributed by atoms with van der Waals surface area (Å²) in [7, 11) is 0. The predicted molar refractivity (Wildman–Crippen MR) is 60.3 cm³/mol. The van der Waals surface area contributed by atoms with Gasteiger partial charge in [0.05, 0.1) is 6.20 Å². The van der Waals surface area contributed by atoms with Gasteiger partial charge in [0.2, 0.25) is 0 Å². The summed E-state index contributed by atoms with van der Waals surface area (Å²) in [6.45, 7) is 4.10. The van der Waals surface area contributed by atoms with Crippen LogP contribution in [0.3, 0.4) is 0 Å². The van der Waals surface area contributed by atoms with Crippen molar-refractivity contribution >= 4 is 26.8 Å². The minimum Gasteiger partial charge on any atom is -0.345 e. The molecule has 0 unspecified atom stereocenters. The third-order valence-corrected chi connectivity index (χ3v) is 3.49. The molecule has 0 aromatic carbocycles. The smallest absolute Gasteiger partial charge is 0.188 e. The van der Waals surface area contributed by atoms with E-state index in [0.29, 0.717) is 0 Å². The zero-order valence-electron chi connectivity index (χ0n) is 8.18. The average Bonchev–Trinajstić information content (AvgIpc) is 2.74. The van der Waals surface area contributed by atoms with Crippen LogP contribution in [0.5, 0.6) is 0 Å². The predicted octanol–water partition coefficient (Wildman–Crippen LogP) is 0.496. The highest BCUT2D eigenvalue weighted by Crippen LogP contribution is 2.26. The lowest BCUT2D eigenvalue weighted by Crippen LogP contribution is -2.43. The van der Waals surface area contributed by atoms with E-state index in [0.717, 1.165) is 41.7 Å². The van der Waals surface area contributed by atoms with Gasteiger partial charge in [0, 0.05) is 26.2 Å². The zero-order chi connectivity index (χ0) is 10.1. The van der Waals surface area contributed by atoms with Gasteiger partial charge in [-0.15, -0.1) is 0 Å². The summed E-state index contributed by atoms with van der Waals surface area (Å²) in [5.74, 6) is 0. The summed E-state index contributed by atoms with van der Waals surface area (Å²) in [6, 6.07) is 0. The van der Waals surface area contributed by atoms with E-state index < -0.39 is 0 Å². The maximum absolute atomic E-state index is 4.53. The summed E-state index contributed by atoms with van der Waals surface area (Å²) < 4.78 is 0. The van der Waals surface area contributed by atoms with Gasteiger partial charge in [-0.25, -0.2) is 15.0 Å². The van der Waals surface area contributed by atoms with Crippen LogP contribution >= 0.6 is 11.3 Å². The van der Waals surface area contributed by atoms with Gasteiger partial charge in [0.25, 0.3) is 0 Å². The van der Waals surface area contributed by atoms with Gasteiger partial charge < -0.3 is 10.2 Å². The number of fused-ring (bicyclic) bond motifs is 1. The first-order valence-electron chi connectivity index (χ1n) is 4.96. The van der Waals surface area contributed by atoms with Gasteiger partial charge in [0.15, 0.2) is 5.13 Å². The molecule has 0 atom stereocenters. The molecular formula is C9H11N5S. The number of hydrogen-bond donors (Lipinski definition) is 1. The molecule has 1 aliphatic heterocycles. The van der Waals surface area contributed by atoms with Gasteiger partial charge in [0.1, 0.15) is 16.7 Å². The van der Waals surface area contributed by atoms with Crippen molar-refractivity contribution in [3.63, 3.8) is 0 Å². The van der Waals surface area contributed by atoms with E-state index in [1.165, 1.54) is 0 Å². The number of aromatic nitrogens is 3. The normalized spacial score (nSPS) is 17.2. The fraction of sp³-hybridized carbons (Fsp3) is 0.444. The molecule has 0 aliphatic carbocycles. The van der Waals surface area contributed by atoms with Crippen LogP contribution < -0.4 is 10.2 Å². The van der Waals surface area contributed by atoms with Crippen molar-refractivity contribution in [3.8, 4) is 0 Å². The van der Waals surface area contributed by atoms with Crippen LogP contribution in [0.2, 0.25) is 0 Å². The zero-order valence-corrected chi connectivity index (χ0v) is 9.00. The van der Waals surface area contributed by atoms with Crippen LogP contribution in [-0.4, -0.2) is 41.1 Å². The van der Waals surface area contributed by atoms with Crippen LogP contribution in [0, 0.1) is 0 Å². The van der Waals surface area contributed by atoms with Crippen molar-refractivity contribution in [2.24, 2.45) is 0 Å². The first-order chi connectivity index (χ1) is 7.43. The van der Waals surface area contributed by atoms with Crippen molar-refractivity contribution in [2.75, 3.05) is 31.1 Å². The molecule has 6 heteroatoms. The van der Waals surface area contributed by atoms with E-state index >= 15 is 0 Å². The summed E-state index contributed by atoms with van der Waals surface area (Å²) in [4.78, 5) is 16.0. The molecule has 0 spiro atoms. The molecule has 0 radical (unpaired) electrons. The molecule has 1 N–H and O–H groups in total. The number of rotatable bonds is 1. The molecule has 2 aromatic rings. The SMILES string of the molecule is c1ncc2nc(N3CCNCC3)sc2n1. The van der Waals surface area contributed by atoms with Crippen molar-refractivity contribution in [1.29, 1.82) is 0 Å². The Labute approximate surface area is 91.2 Å². The number of anilines is 1. The van der Waals surface area contributed by atoms with E-state index in [2.05, 4.69) is 25.2 Å². The molecule has 3 heterocycles. The minimum absolute atomic E-state index is 0.899. The van der Waals surface area contributed by atoms with Crippen LogP contribution in [0.15, 0.2) is 12.5 Å². The fourth-order valence-corrected chi connectivity index (χ4v) is 2.60. The van der Waals surface area contributed by atoms with Crippen molar-refractivity contribution in [3.05, 3.63) is 12.5 Å². The minimum atomic E-state index is 0.899. The van der Waals surface area contributed by atoms with E-state index in [1.54, 1.807) is 23.9 Å². The topological polar surface area (TPSA) is 53.9 Å². The summed E-state index contributed by atoms with van der Waals surface area (Å²) in [5.41, 5.74) is 0.899. The molecule has 3 rings (SSSR count). The largest absolute Gasteiger partial charge is 0.345 e. The fourth-order valence-electron chi connectivity index (χ4n) is 1.67. The lowest BCUT2D eigenvalue weighted by Gasteiger charge is -2.26. The molecule has 5 nitrogen and oxygen atoms in total. The van der Waals surface area contributed by atoms with E-state index in [1.807, 2.05) is 0 Å². The number of thiazole rings is 1. The molecule has 2 aromatic heterocycles. The molecule has 0 bridgehead atoms. The van der Waals surface area contributed by atoms with Gasteiger partial charge >= 0.3 is 0 Å². The second-order valence-corrected chi connectivity index (χ2v) is 4.40. The molecule has 1 fully saturated rings. The molecule has 78 valence electrons. The third-order valence-electron chi connectivity index (χ3n) is 2.45. The van der Waals surface area contributed by atoms with Crippen molar-refractivity contribution < 1.29 is 0 Å². The van der Waals surface area contributed by atoms with Gasteiger partial charge in [-0.3, -0.25) is 0 Å². The molecule has 0 amide bonds. The Bertz CT molecular complexity index is 429. The number of hydrogen-bond acceptors (Lipinski definition) is 6. The Hall–Kier alpha value is -1.27. The van der Waals surface area contributed by atoms with Crippen LogP contribution in [0.25, 0.3) is 10.3 Å². The van der Waals surface area contributed by atoms with E-state index in [-0.39, 0.29) is 0 Å². The number of nitrogens with zero attached hydrogens (tertiary/aromatic N) is 4. The summed E-state index contributed by atoms with van der Waals surface area (Å²) in [5, 5.41) is 4.39. The van der Waals surface area contributed by atoms with E-state index in [4.69, 9.17) is 0 Å². The Kier molecular flexibility index (Phi) is 2.22. The molecule has 1 saturated heterocycles. The molecule has 1 aliphatic rings. The van der Waals surface area contributed by atoms with Gasteiger partial charge in [-0.2, -0.15) is 0 Å². The van der Waals surface area contributed by atoms with Crippen LogP contribution in [0.1, 0.15) is 0 Å². The van der Waals surface area contributed by atoms with Gasteiger partial charge in [-0.1, -0.05) is 11.3 Å². The molecule has 0 saturated carbocycles. The quantitative estimate of drug-likeness (QED) is 0.760. The van der Waals surface area contributed by atoms with E-state index in [9.17, 15) is 0 Å². The third kappa shape index (κ3) is 1.66. The Balaban J connectivity index is 1.96. The highest BCUT2D eigenvalue weighted by atomic mass is 32.1.